The summed E-state index contributed by atoms with van der Waals surface area (Å²) < 4.78 is 1.16. The molecule has 2 heterocycles. The summed E-state index contributed by atoms with van der Waals surface area (Å²) in [7, 11) is -0.892. The van der Waals surface area contributed by atoms with Crippen LogP contribution in [0, 0.1) is 0 Å². The van der Waals surface area contributed by atoms with Gasteiger partial charge < -0.3 is 4.98 Å². The molecular weight excluding hydrogens is 776 g/mol. The fraction of sp³-hybridized carbons (Fsp3) is 0. The second-order valence-corrected chi connectivity index (χ2v) is 17.4. The van der Waals surface area contributed by atoms with Gasteiger partial charge in [-0.25, -0.2) is 9.98 Å². The molecular formula is C48H38CuN3P2S. The summed E-state index contributed by atoms with van der Waals surface area (Å²) in [6, 6.07) is 76.5. The Morgan fingerprint density at radius 1 is 0.418 bits per heavy atom. The minimum atomic E-state index is -0.446. The van der Waals surface area contributed by atoms with Gasteiger partial charge in [0, 0.05) is 6.21 Å². The second-order valence-electron chi connectivity index (χ2n) is 12.0. The summed E-state index contributed by atoms with van der Waals surface area (Å²) >= 11 is 1.58. The first kappa shape index (κ1) is 39.5. The monoisotopic (exact) mass is 813 g/mol. The topological polar surface area (TPSA) is 39.4 Å². The first-order chi connectivity index (χ1) is 26.8. The van der Waals surface area contributed by atoms with Crippen LogP contribution in [0.4, 0.5) is 5.13 Å². The van der Waals surface area contributed by atoms with E-state index in [1.807, 2.05) is 36.4 Å². The first-order valence-corrected chi connectivity index (χ1v) is 21.2. The first-order valence-electron chi connectivity index (χ1n) is 17.7. The van der Waals surface area contributed by atoms with E-state index in [0.717, 1.165) is 21.0 Å². The molecule has 3 nitrogen and oxygen atoms in total. The number of para-hydroxylation sites is 1. The van der Waals surface area contributed by atoms with Gasteiger partial charge in [-0.2, -0.15) is 6.20 Å². The van der Waals surface area contributed by atoms with Gasteiger partial charge in [-0.1, -0.05) is 218 Å². The number of aliphatic imine (C=N–C) groups is 1. The maximum atomic E-state index is 4.40. The maximum absolute atomic E-state index is 4.40. The van der Waals surface area contributed by atoms with E-state index < -0.39 is 15.8 Å². The largest absolute Gasteiger partial charge is 1.00 e. The Kier molecular flexibility index (Phi) is 15.1. The van der Waals surface area contributed by atoms with Crippen LogP contribution in [-0.2, 0) is 17.1 Å². The van der Waals surface area contributed by atoms with Crippen molar-refractivity contribution in [1.29, 1.82) is 0 Å². The average Bonchev–Trinajstić information content (AvgIpc) is 3.94. The van der Waals surface area contributed by atoms with Gasteiger partial charge >= 0.3 is 17.1 Å². The maximum Gasteiger partial charge on any atom is 1.00 e. The molecule has 7 heteroatoms. The smallest absolute Gasteiger partial charge is 0.663 e. The molecule has 2 aromatic heterocycles. The van der Waals surface area contributed by atoms with Crippen LogP contribution in [0.3, 0.4) is 0 Å². The molecule has 55 heavy (non-hydrogen) atoms. The van der Waals surface area contributed by atoms with E-state index in [1.54, 1.807) is 23.7 Å². The summed E-state index contributed by atoms with van der Waals surface area (Å²) in [4.78, 5) is 12.8. The van der Waals surface area contributed by atoms with Gasteiger partial charge in [0.25, 0.3) is 0 Å². The third-order valence-corrected chi connectivity index (χ3v) is 14.1. The molecule has 0 saturated carbocycles. The predicted octanol–water partition coefficient (Wildman–Crippen LogP) is 9.89. The molecule has 0 spiro atoms. The molecule has 0 aliphatic rings. The molecule has 0 unspecified atom stereocenters. The van der Waals surface area contributed by atoms with E-state index in [4.69, 9.17) is 0 Å². The van der Waals surface area contributed by atoms with Gasteiger partial charge in [0.2, 0.25) is 5.13 Å². The number of fused-ring (bicyclic) bond motifs is 1. The number of hydrogen-bond acceptors (Lipinski definition) is 3. The minimum Gasteiger partial charge on any atom is -0.663 e. The minimum absolute atomic E-state index is 0. The Morgan fingerprint density at radius 3 is 1.09 bits per heavy atom. The average molecular weight is 814 g/mol. The van der Waals surface area contributed by atoms with Gasteiger partial charge in [-0.3, -0.25) is 0 Å². The normalized spacial score (nSPS) is 10.7. The molecule has 9 aromatic rings. The summed E-state index contributed by atoms with van der Waals surface area (Å²) in [5.41, 5.74) is 1.86. The van der Waals surface area contributed by atoms with Gasteiger partial charge in [0.15, 0.2) is 0 Å². The fourth-order valence-electron chi connectivity index (χ4n) is 5.78. The molecule has 0 amide bonds. The van der Waals surface area contributed by atoms with Crippen LogP contribution in [0.1, 0.15) is 5.69 Å². The third-order valence-electron chi connectivity index (χ3n) is 8.25. The second kappa shape index (κ2) is 21.0. The van der Waals surface area contributed by atoms with Crippen molar-refractivity contribution in [2.24, 2.45) is 4.99 Å². The van der Waals surface area contributed by atoms with E-state index in [-0.39, 0.29) is 17.1 Å². The van der Waals surface area contributed by atoms with Crippen molar-refractivity contribution in [2.45, 2.75) is 0 Å². The molecule has 0 aliphatic heterocycles. The van der Waals surface area contributed by atoms with Crippen LogP contribution >= 0.6 is 27.2 Å². The SMILES string of the molecule is C(=N\c1nc2ccccc2s1)/c1ccc[n-]1.[Cu+].c1ccc(P(c2ccccc2)c2ccccc2)cc1.c1ccc(P(c2ccccc2)c2ccccc2)cc1. The fourth-order valence-corrected chi connectivity index (χ4v) is 11.2. The van der Waals surface area contributed by atoms with Gasteiger partial charge in [0.1, 0.15) is 0 Å². The van der Waals surface area contributed by atoms with Crippen LogP contribution in [0.2, 0.25) is 0 Å². The number of nitrogens with zero attached hydrogens (tertiary/aromatic N) is 3. The zero-order chi connectivity index (χ0) is 36.6. The van der Waals surface area contributed by atoms with Crippen molar-refractivity contribution in [1.82, 2.24) is 9.97 Å². The van der Waals surface area contributed by atoms with Crippen LogP contribution < -0.4 is 36.8 Å². The molecule has 0 saturated heterocycles. The van der Waals surface area contributed by atoms with E-state index in [1.165, 1.54) is 31.8 Å². The third kappa shape index (κ3) is 11.2. The van der Waals surface area contributed by atoms with Gasteiger partial charge in [-0.15, -0.1) is 5.69 Å². The van der Waals surface area contributed by atoms with Crippen LogP contribution in [0.5, 0.6) is 0 Å². The molecule has 9 rings (SSSR count). The zero-order valence-corrected chi connectivity index (χ0v) is 33.4. The van der Waals surface area contributed by atoms with Crippen molar-refractivity contribution >= 4 is 80.6 Å². The number of benzene rings is 7. The zero-order valence-electron chi connectivity index (χ0n) is 29.9. The molecule has 7 aromatic carbocycles. The molecule has 0 N–H and O–H groups in total. The Hall–Kier alpha value is -5.24. The Labute approximate surface area is 340 Å². The van der Waals surface area contributed by atoms with Crippen molar-refractivity contribution < 1.29 is 17.1 Å². The number of thiazole rings is 1. The quantitative estimate of drug-likeness (QED) is 0.0871. The van der Waals surface area contributed by atoms with Crippen molar-refractivity contribution in [2.75, 3.05) is 0 Å². The van der Waals surface area contributed by atoms with Crippen LogP contribution in [0.15, 0.2) is 230 Å². The van der Waals surface area contributed by atoms with Crippen LogP contribution in [0.25, 0.3) is 10.2 Å². The van der Waals surface area contributed by atoms with Gasteiger partial charge in [0.05, 0.1) is 10.2 Å². The Morgan fingerprint density at radius 2 is 0.764 bits per heavy atom. The number of rotatable bonds is 8. The van der Waals surface area contributed by atoms with Crippen molar-refractivity contribution in [3.05, 3.63) is 230 Å². The van der Waals surface area contributed by atoms with Gasteiger partial charge in [-0.05, 0) is 59.8 Å². The number of hydrogen-bond donors (Lipinski definition) is 0. The predicted molar refractivity (Wildman–Crippen MR) is 237 cm³/mol. The van der Waals surface area contributed by atoms with E-state index in [2.05, 4.69) is 197 Å². The Bertz CT molecular complexity index is 2090. The number of aromatic nitrogens is 2. The van der Waals surface area contributed by atoms with Crippen LogP contribution in [-0.4, -0.2) is 11.2 Å². The molecule has 272 valence electrons. The molecule has 0 aliphatic carbocycles. The summed E-state index contributed by atoms with van der Waals surface area (Å²) in [5.74, 6) is 0. The Balaban J connectivity index is 0.000000140. The molecule has 0 radical (unpaired) electrons. The van der Waals surface area contributed by atoms with Crippen molar-refractivity contribution in [3.8, 4) is 0 Å². The summed E-state index contributed by atoms with van der Waals surface area (Å²) in [6.45, 7) is 0. The summed E-state index contributed by atoms with van der Waals surface area (Å²) in [5, 5.41) is 9.16. The molecule has 0 atom stereocenters. The van der Waals surface area contributed by atoms with E-state index in [0.29, 0.717) is 0 Å². The van der Waals surface area contributed by atoms with E-state index in [9.17, 15) is 0 Å². The molecule has 0 fully saturated rings. The van der Waals surface area contributed by atoms with Crippen molar-refractivity contribution in [3.63, 3.8) is 0 Å². The standard InChI is InChI=1S/2C18H15P.C12H8N3S.Cu/c2*1-4-10-16(11-5-1)19(17-12-6-2-7-13-17)18-14-8-3-9-15-18;1-2-6-11-10(5-1)15-12(16-11)14-8-9-4-3-7-13-9;/h2*1-15H;1-8H;/q;;-1;+1/b;;14-8+;. The molecule has 0 bridgehead atoms. The summed E-state index contributed by atoms with van der Waals surface area (Å²) in [6.07, 6.45) is 3.48. The van der Waals surface area contributed by atoms with E-state index >= 15 is 0 Å².